The van der Waals surface area contributed by atoms with E-state index in [1.54, 1.807) is 6.21 Å². The number of unbranched alkanes of at least 4 members (excludes halogenated alkanes) is 3. The number of aliphatic imine (C=N–C) groups is 1. The van der Waals surface area contributed by atoms with Crippen LogP contribution >= 0.6 is 0 Å². The van der Waals surface area contributed by atoms with Crippen molar-refractivity contribution in [3.05, 3.63) is 64.8 Å². The van der Waals surface area contributed by atoms with E-state index in [0.29, 0.717) is 12.0 Å². The summed E-state index contributed by atoms with van der Waals surface area (Å²) < 4.78 is 10.1. The molecule has 3 aromatic rings. The standard InChI is InChI=1S/C26H32N2O3.3C4H9.Sn/c1-25(2,3)18-11-17(23(29)20(13-18)26(4,5)6)15-28-22(24(30)31)12-16-14-27-21-10-8-7-9-19(16)21;3*1-3-4-2;/h7-11,13-15,22,27,29H,12H2,1-6H3,(H,30,31);3*1,3-4H2,2H3;/q;;;;+1/p-1/t22-;;;;/m0..../s1. The molecule has 0 radical (unpaired) electrons. The van der Waals surface area contributed by atoms with Crippen molar-refractivity contribution < 1.29 is 13.0 Å². The van der Waals surface area contributed by atoms with E-state index < -0.39 is 24.8 Å². The molecule has 0 saturated carbocycles. The topological polar surface area (TPSA) is 74.7 Å². The number of nitrogens with one attached hydrogen (secondary N) is 1. The monoisotopic (exact) mass is 710 g/mol. The summed E-state index contributed by atoms with van der Waals surface area (Å²) in [6, 6.07) is 11.6. The number of fused-ring (bicyclic) bond motifs is 1. The molecule has 1 heterocycles. The van der Waals surface area contributed by atoms with Gasteiger partial charge in [-0.15, -0.1) is 0 Å². The number of para-hydroxylation sites is 1. The fraction of sp³-hybridized carbons (Fsp3) is 0.579. The molecule has 5 nitrogen and oxygen atoms in total. The van der Waals surface area contributed by atoms with E-state index in [0.717, 1.165) is 79.4 Å². The van der Waals surface area contributed by atoms with Crippen LogP contribution in [0.4, 0.5) is 0 Å². The van der Waals surface area contributed by atoms with E-state index in [9.17, 15) is 9.90 Å². The van der Waals surface area contributed by atoms with Gasteiger partial charge < -0.3 is 0 Å². The number of aromatic hydroxyl groups is 1. The maximum atomic E-state index is 14.3. The number of rotatable bonds is 15. The molecule has 0 aliphatic rings. The summed E-state index contributed by atoms with van der Waals surface area (Å²) in [5.41, 5.74) is 4.41. The maximum absolute atomic E-state index is 14.3. The Kier molecular flexibility index (Phi) is 13.0. The molecule has 2 N–H and O–H groups in total. The van der Waals surface area contributed by atoms with Crippen molar-refractivity contribution in [2.24, 2.45) is 4.99 Å². The first-order valence-corrected chi connectivity index (χ1v) is 24.2. The van der Waals surface area contributed by atoms with Crippen LogP contribution in [0.5, 0.6) is 5.75 Å². The third-order valence-electron chi connectivity index (χ3n) is 8.84. The molecule has 0 amide bonds. The zero-order valence-electron chi connectivity index (χ0n) is 29.0. The quantitative estimate of drug-likeness (QED) is 0.122. The number of H-pyrrole nitrogens is 1. The molecule has 2 aromatic carbocycles. The minimum absolute atomic E-state index is 0.107. The summed E-state index contributed by atoms with van der Waals surface area (Å²) >= 11 is -3.25. The van der Waals surface area contributed by atoms with Crippen molar-refractivity contribution in [1.29, 1.82) is 0 Å². The van der Waals surface area contributed by atoms with E-state index in [-0.39, 0.29) is 22.5 Å². The van der Waals surface area contributed by atoms with Crippen LogP contribution in [-0.4, -0.2) is 47.1 Å². The molecule has 6 heteroatoms. The Labute approximate surface area is 271 Å². The third kappa shape index (κ3) is 9.61. The first-order chi connectivity index (χ1) is 20.7. The zero-order valence-corrected chi connectivity index (χ0v) is 31.8. The van der Waals surface area contributed by atoms with Gasteiger partial charge >= 0.3 is 273 Å². The van der Waals surface area contributed by atoms with Crippen LogP contribution in [0.15, 0.2) is 47.6 Å². The van der Waals surface area contributed by atoms with Crippen molar-refractivity contribution in [3.63, 3.8) is 0 Å². The number of hydrogen-bond donors (Lipinski definition) is 2. The molecule has 0 spiro atoms. The number of phenolic OH excluding ortho intramolecular Hbond substituents is 1. The number of aromatic nitrogens is 1. The number of carbonyl (C=O) groups excluding carboxylic acids is 1. The molecule has 1 atom stereocenters. The molecule has 0 unspecified atom stereocenters. The third-order valence-corrected chi connectivity index (χ3v) is 21.5. The van der Waals surface area contributed by atoms with Gasteiger partial charge in [0.1, 0.15) is 0 Å². The second-order valence-electron chi connectivity index (χ2n) is 14.7. The molecule has 242 valence electrons. The molecular formula is C38H58N2O3Sn. The van der Waals surface area contributed by atoms with Crippen LogP contribution < -0.4 is 0 Å². The van der Waals surface area contributed by atoms with E-state index in [1.807, 2.05) is 24.4 Å². The number of aromatic amines is 1. The van der Waals surface area contributed by atoms with Gasteiger partial charge in [0.15, 0.2) is 0 Å². The van der Waals surface area contributed by atoms with Gasteiger partial charge in [-0.3, -0.25) is 0 Å². The second-order valence-corrected chi connectivity index (χ2v) is 26.4. The Balaban J connectivity index is 2.09. The van der Waals surface area contributed by atoms with Crippen LogP contribution in [0.3, 0.4) is 0 Å². The molecule has 0 saturated heterocycles. The zero-order chi connectivity index (χ0) is 32.5. The van der Waals surface area contributed by atoms with Crippen molar-refractivity contribution in [2.75, 3.05) is 0 Å². The van der Waals surface area contributed by atoms with Gasteiger partial charge in [0.05, 0.1) is 0 Å². The van der Waals surface area contributed by atoms with Crippen molar-refractivity contribution >= 4 is 41.9 Å². The van der Waals surface area contributed by atoms with Gasteiger partial charge in [-0.25, -0.2) is 0 Å². The number of nitrogens with zero attached hydrogens (tertiary/aromatic N) is 1. The van der Waals surface area contributed by atoms with E-state index in [2.05, 4.69) is 85.5 Å². The molecule has 44 heavy (non-hydrogen) atoms. The van der Waals surface area contributed by atoms with Crippen molar-refractivity contribution in [1.82, 2.24) is 4.98 Å². The van der Waals surface area contributed by atoms with Crippen LogP contribution in [0.25, 0.3) is 10.9 Å². The van der Waals surface area contributed by atoms with E-state index in [1.165, 1.54) is 0 Å². The summed E-state index contributed by atoms with van der Waals surface area (Å²) in [5, 5.41) is 12.5. The summed E-state index contributed by atoms with van der Waals surface area (Å²) in [7, 11) is 0. The normalized spacial score (nSPS) is 13.6. The molecule has 0 aliphatic carbocycles. The Morgan fingerprint density at radius 3 is 2.07 bits per heavy atom. The summed E-state index contributed by atoms with van der Waals surface area (Å²) in [5.74, 6) is 0.0453. The Hall–Kier alpha value is -2.28. The Bertz CT molecular complexity index is 1370. The van der Waals surface area contributed by atoms with Gasteiger partial charge in [0, 0.05) is 0 Å². The van der Waals surface area contributed by atoms with Gasteiger partial charge in [-0.05, 0) is 0 Å². The summed E-state index contributed by atoms with van der Waals surface area (Å²) in [6.45, 7) is 19.6. The SMILES string of the molecule is CCC[CH2][Sn]([CH2]CCC)([CH2]CCC)[O]C(=O)[C@H](Cc1c[nH]c2ccccc12)N=Cc1cc(C(C)(C)C)cc(C(C)(C)C)c1O. The Morgan fingerprint density at radius 2 is 1.52 bits per heavy atom. The molecule has 1 aromatic heterocycles. The molecule has 0 fully saturated rings. The van der Waals surface area contributed by atoms with Gasteiger partial charge in [-0.1, -0.05) is 0 Å². The Morgan fingerprint density at radius 1 is 0.932 bits per heavy atom. The first-order valence-electron chi connectivity index (χ1n) is 16.9. The summed E-state index contributed by atoms with van der Waals surface area (Å²) in [4.78, 5) is 22.6. The average Bonchev–Trinajstić information content (AvgIpc) is 3.38. The second kappa shape index (κ2) is 15.8. The van der Waals surface area contributed by atoms with Gasteiger partial charge in [0.2, 0.25) is 0 Å². The minimum atomic E-state index is -3.25. The van der Waals surface area contributed by atoms with Crippen LogP contribution in [0, 0.1) is 0 Å². The van der Waals surface area contributed by atoms with Gasteiger partial charge in [-0.2, -0.15) is 0 Å². The predicted molar refractivity (Wildman–Crippen MR) is 190 cm³/mol. The van der Waals surface area contributed by atoms with Crippen LogP contribution in [0.1, 0.15) is 123 Å². The first kappa shape index (κ1) is 36.2. The average molecular weight is 710 g/mol. The van der Waals surface area contributed by atoms with Crippen molar-refractivity contribution in [2.45, 2.75) is 137 Å². The molecule has 0 aliphatic heterocycles. The van der Waals surface area contributed by atoms with Gasteiger partial charge in [0.25, 0.3) is 0 Å². The predicted octanol–water partition coefficient (Wildman–Crippen LogP) is 10.4. The fourth-order valence-electron chi connectivity index (χ4n) is 5.94. The van der Waals surface area contributed by atoms with Crippen molar-refractivity contribution in [3.8, 4) is 5.75 Å². The number of hydrogen-bond acceptors (Lipinski definition) is 4. The molecule has 3 rings (SSSR count). The van der Waals surface area contributed by atoms with Crippen LogP contribution in [0.2, 0.25) is 13.3 Å². The van der Waals surface area contributed by atoms with Crippen LogP contribution in [-0.2, 0) is 25.1 Å². The number of benzene rings is 2. The van der Waals surface area contributed by atoms with E-state index >= 15 is 0 Å². The number of carbonyl (C=O) groups is 1. The summed E-state index contributed by atoms with van der Waals surface area (Å²) in [6.07, 6.45) is 10.9. The fourth-order valence-corrected chi connectivity index (χ4v) is 19.1. The number of phenols is 1. The van der Waals surface area contributed by atoms with E-state index in [4.69, 9.17) is 8.07 Å². The molecule has 0 bridgehead atoms. The molecular weight excluding hydrogens is 651 g/mol.